The lowest BCUT2D eigenvalue weighted by molar-refractivity contribution is 0.280. The highest BCUT2D eigenvalue weighted by Crippen LogP contribution is 2.08. The van der Waals surface area contributed by atoms with Crippen LogP contribution in [0.4, 0.5) is 0 Å². The maximum atomic E-state index is 5.60. The number of hydrogen-bond acceptors (Lipinski definition) is 3. The van der Waals surface area contributed by atoms with Crippen LogP contribution in [0, 0.1) is 0 Å². The average molecular weight is 241 g/mol. The molecular formula is C12H27N5. The van der Waals surface area contributed by atoms with Crippen molar-refractivity contribution < 1.29 is 0 Å². The Hall–Kier alpha value is -0.810. The SMILES string of the molecule is CCCCN=C(NN)N1CCCN(C)CC1C. The number of guanidine groups is 1. The Bertz CT molecular complexity index is 241. The van der Waals surface area contributed by atoms with Crippen LogP contribution in [0.2, 0.25) is 0 Å². The largest absolute Gasteiger partial charge is 0.338 e. The van der Waals surface area contributed by atoms with Gasteiger partial charge in [-0.2, -0.15) is 0 Å². The first-order valence-corrected chi connectivity index (χ1v) is 6.65. The molecule has 1 aliphatic rings. The Kier molecular flexibility index (Phi) is 6.29. The minimum Gasteiger partial charge on any atom is -0.338 e. The number of nitrogens with two attached hydrogens (primary N) is 1. The molecule has 0 saturated carbocycles. The van der Waals surface area contributed by atoms with Crippen molar-refractivity contribution in [3.05, 3.63) is 0 Å². The van der Waals surface area contributed by atoms with Crippen molar-refractivity contribution in [3.63, 3.8) is 0 Å². The van der Waals surface area contributed by atoms with Crippen molar-refractivity contribution in [1.29, 1.82) is 0 Å². The second-order valence-electron chi connectivity index (χ2n) is 4.86. The molecule has 0 aromatic heterocycles. The van der Waals surface area contributed by atoms with Gasteiger partial charge in [-0.25, -0.2) is 5.84 Å². The molecule has 5 nitrogen and oxygen atoms in total. The van der Waals surface area contributed by atoms with Crippen molar-refractivity contribution in [2.45, 2.75) is 39.2 Å². The maximum Gasteiger partial charge on any atom is 0.208 e. The quantitative estimate of drug-likeness (QED) is 0.250. The van der Waals surface area contributed by atoms with Gasteiger partial charge in [-0.05, 0) is 33.4 Å². The highest BCUT2D eigenvalue weighted by molar-refractivity contribution is 5.79. The third-order valence-electron chi connectivity index (χ3n) is 3.22. The number of nitrogens with one attached hydrogen (secondary N) is 1. The fourth-order valence-electron chi connectivity index (χ4n) is 2.25. The highest BCUT2D eigenvalue weighted by Gasteiger charge is 2.21. The number of nitrogens with zero attached hydrogens (tertiary/aromatic N) is 3. The normalized spacial score (nSPS) is 23.6. The third-order valence-corrected chi connectivity index (χ3v) is 3.22. The monoisotopic (exact) mass is 241 g/mol. The van der Waals surface area contributed by atoms with Gasteiger partial charge in [0, 0.05) is 25.7 Å². The molecule has 1 fully saturated rings. The molecule has 17 heavy (non-hydrogen) atoms. The van der Waals surface area contributed by atoms with Crippen molar-refractivity contribution >= 4 is 5.96 Å². The van der Waals surface area contributed by atoms with Crippen LogP contribution in [-0.2, 0) is 0 Å². The minimum absolute atomic E-state index is 0.457. The fourth-order valence-corrected chi connectivity index (χ4v) is 2.25. The summed E-state index contributed by atoms with van der Waals surface area (Å²) in [5.74, 6) is 6.45. The Morgan fingerprint density at radius 2 is 2.24 bits per heavy atom. The van der Waals surface area contributed by atoms with Crippen LogP contribution in [0.3, 0.4) is 0 Å². The van der Waals surface area contributed by atoms with Crippen LogP contribution in [0.25, 0.3) is 0 Å². The van der Waals surface area contributed by atoms with E-state index >= 15 is 0 Å². The van der Waals surface area contributed by atoms with Crippen molar-refractivity contribution in [3.8, 4) is 0 Å². The molecule has 0 aromatic carbocycles. The van der Waals surface area contributed by atoms with Gasteiger partial charge in [0.05, 0.1) is 0 Å². The van der Waals surface area contributed by atoms with Crippen LogP contribution in [0.15, 0.2) is 4.99 Å². The molecule has 3 N–H and O–H groups in total. The Morgan fingerprint density at radius 3 is 2.88 bits per heavy atom. The number of hydrogen-bond donors (Lipinski definition) is 2. The van der Waals surface area contributed by atoms with Gasteiger partial charge in [0.25, 0.3) is 0 Å². The van der Waals surface area contributed by atoms with E-state index in [0.717, 1.165) is 45.0 Å². The van der Waals surface area contributed by atoms with Crippen LogP contribution >= 0.6 is 0 Å². The van der Waals surface area contributed by atoms with Crippen LogP contribution in [0.1, 0.15) is 33.1 Å². The predicted octanol–water partition coefficient (Wildman–Crippen LogP) is 0.632. The number of likely N-dealkylation sites (N-methyl/N-ethyl adjacent to an activating group) is 1. The second-order valence-corrected chi connectivity index (χ2v) is 4.86. The first-order valence-electron chi connectivity index (χ1n) is 6.65. The molecule has 1 aliphatic heterocycles. The van der Waals surface area contributed by atoms with E-state index in [2.05, 4.69) is 41.1 Å². The van der Waals surface area contributed by atoms with Gasteiger partial charge in [-0.1, -0.05) is 13.3 Å². The molecule has 0 bridgehead atoms. The van der Waals surface area contributed by atoms with Crippen LogP contribution in [-0.4, -0.2) is 55.0 Å². The van der Waals surface area contributed by atoms with E-state index < -0.39 is 0 Å². The summed E-state index contributed by atoms with van der Waals surface area (Å²) in [4.78, 5) is 9.22. The molecule has 0 aliphatic carbocycles. The molecule has 5 heteroatoms. The van der Waals surface area contributed by atoms with Crippen molar-refractivity contribution in [2.75, 3.05) is 33.2 Å². The van der Waals surface area contributed by atoms with Crippen molar-refractivity contribution in [1.82, 2.24) is 15.2 Å². The second kappa shape index (κ2) is 7.50. The van der Waals surface area contributed by atoms with E-state index in [1.165, 1.54) is 6.42 Å². The van der Waals surface area contributed by atoms with Gasteiger partial charge in [0.1, 0.15) is 0 Å². The lowest BCUT2D eigenvalue weighted by Gasteiger charge is -2.30. The van der Waals surface area contributed by atoms with Crippen LogP contribution in [0.5, 0.6) is 0 Å². The topological polar surface area (TPSA) is 56.9 Å². The first-order chi connectivity index (χ1) is 8.19. The molecular weight excluding hydrogens is 214 g/mol. The van der Waals surface area contributed by atoms with Crippen LogP contribution < -0.4 is 11.3 Å². The first kappa shape index (κ1) is 14.3. The van der Waals surface area contributed by atoms with E-state index in [1.54, 1.807) is 0 Å². The third kappa shape index (κ3) is 4.52. The molecule has 1 rings (SSSR count). The smallest absolute Gasteiger partial charge is 0.208 e. The molecule has 1 saturated heterocycles. The Balaban J connectivity index is 2.62. The van der Waals surface area contributed by atoms with Gasteiger partial charge in [-0.3, -0.25) is 10.4 Å². The summed E-state index contributed by atoms with van der Waals surface area (Å²) >= 11 is 0. The number of hydrazine groups is 1. The van der Waals surface area contributed by atoms with E-state index in [-0.39, 0.29) is 0 Å². The Labute approximate surface area is 105 Å². The molecule has 0 radical (unpaired) electrons. The number of aliphatic imine (C=N–C) groups is 1. The fraction of sp³-hybridized carbons (Fsp3) is 0.917. The summed E-state index contributed by atoms with van der Waals surface area (Å²) in [6, 6.07) is 0.457. The summed E-state index contributed by atoms with van der Waals surface area (Å²) in [6.07, 6.45) is 3.45. The maximum absolute atomic E-state index is 5.60. The summed E-state index contributed by atoms with van der Waals surface area (Å²) in [6.45, 7) is 8.50. The van der Waals surface area contributed by atoms with Crippen molar-refractivity contribution in [2.24, 2.45) is 10.8 Å². The highest BCUT2D eigenvalue weighted by atomic mass is 15.4. The lowest BCUT2D eigenvalue weighted by atomic mass is 10.3. The Morgan fingerprint density at radius 1 is 1.47 bits per heavy atom. The summed E-state index contributed by atoms with van der Waals surface area (Å²) in [5.41, 5.74) is 2.76. The number of rotatable bonds is 3. The summed E-state index contributed by atoms with van der Waals surface area (Å²) in [5, 5.41) is 0. The summed E-state index contributed by atoms with van der Waals surface area (Å²) in [7, 11) is 2.17. The summed E-state index contributed by atoms with van der Waals surface area (Å²) < 4.78 is 0. The number of unbranched alkanes of at least 4 members (excludes halogenated alkanes) is 1. The zero-order valence-electron chi connectivity index (χ0n) is 11.4. The van der Waals surface area contributed by atoms with E-state index in [9.17, 15) is 0 Å². The van der Waals surface area contributed by atoms with E-state index in [1.807, 2.05) is 0 Å². The standard InChI is InChI=1S/C12H27N5/c1-4-5-7-14-12(15-13)17-9-6-8-16(3)10-11(17)2/h11H,4-10,13H2,1-3H3,(H,14,15). The van der Waals surface area contributed by atoms with E-state index in [0.29, 0.717) is 6.04 Å². The molecule has 0 amide bonds. The van der Waals surface area contributed by atoms with Gasteiger partial charge in [0.15, 0.2) is 0 Å². The molecule has 0 aromatic rings. The van der Waals surface area contributed by atoms with Gasteiger partial charge < -0.3 is 9.80 Å². The average Bonchev–Trinajstić information content (AvgIpc) is 2.46. The molecule has 1 heterocycles. The van der Waals surface area contributed by atoms with Gasteiger partial charge in [0.2, 0.25) is 5.96 Å². The lowest BCUT2D eigenvalue weighted by Crippen LogP contribution is -2.50. The van der Waals surface area contributed by atoms with E-state index in [4.69, 9.17) is 5.84 Å². The van der Waals surface area contributed by atoms with Gasteiger partial charge in [-0.15, -0.1) is 0 Å². The minimum atomic E-state index is 0.457. The van der Waals surface area contributed by atoms with Gasteiger partial charge >= 0.3 is 0 Å². The molecule has 1 unspecified atom stereocenters. The molecule has 0 spiro atoms. The zero-order valence-corrected chi connectivity index (χ0v) is 11.4. The zero-order chi connectivity index (χ0) is 12.7. The molecule has 100 valence electrons. The predicted molar refractivity (Wildman–Crippen MR) is 72.8 cm³/mol. The molecule has 1 atom stereocenters.